The van der Waals surface area contributed by atoms with Gasteiger partial charge in [0, 0.05) is 25.7 Å². The molecule has 2 rings (SSSR count). The minimum Gasteiger partial charge on any atom is -0.379 e. The number of benzene rings is 1. The van der Waals surface area contributed by atoms with E-state index in [4.69, 9.17) is 27.9 Å². The van der Waals surface area contributed by atoms with Crippen molar-refractivity contribution in [2.75, 3.05) is 39.9 Å². The van der Waals surface area contributed by atoms with Crippen molar-refractivity contribution in [2.24, 2.45) is 0 Å². The standard InChI is InChI=1S/C14H20Cl2N2O/c1-17-13(5-6-18-7-9-19-10-8-18)11-3-2-4-12(15)14(11)16/h2-4,13,17H,5-10H2,1H3. The van der Waals surface area contributed by atoms with Crippen molar-refractivity contribution in [3.63, 3.8) is 0 Å². The molecule has 1 aliphatic heterocycles. The zero-order valence-corrected chi connectivity index (χ0v) is 12.7. The zero-order valence-electron chi connectivity index (χ0n) is 11.2. The van der Waals surface area contributed by atoms with Gasteiger partial charge in [0.05, 0.1) is 23.3 Å². The Hall–Kier alpha value is -0.320. The molecule has 1 N–H and O–H groups in total. The lowest BCUT2D eigenvalue weighted by Gasteiger charge is -2.28. The normalized spacial score (nSPS) is 18.5. The largest absolute Gasteiger partial charge is 0.379 e. The first-order chi connectivity index (χ1) is 9.22. The van der Waals surface area contributed by atoms with Crippen LogP contribution in [0.15, 0.2) is 18.2 Å². The van der Waals surface area contributed by atoms with Crippen LogP contribution in [-0.2, 0) is 4.74 Å². The van der Waals surface area contributed by atoms with Gasteiger partial charge in [0.15, 0.2) is 0 Å². The van der Waals surface area contributed by atoms with E-state index in [9.17, 15) is 0 Å². The molecular weight excluding hydrogens is 283 g/mol. The second-order valence-corrected chi connectivity index (χ2v) is 5.51. The lowest BCUT2D eigenvalue weighted by atomic mass is 10.0. The number of rotatable bonds is 5. The molecule has 0 amide bonds. The van der Waals surface area contributed by atoms with Crippen LogP contribution in [0.4, 0.5) is 0 Å². The molecule has 1 aromatic carbocycles. The summed E-state index contributed by atoms with van der Waals surface area (Å²) in [4.78, 5) is 2.42. The first kappa shape index (κ1) is 15.1. The number of nitrogens with one attached hydrogen (secondary N) is 1. The van der Waals surface area contributed by atoms with Gasteiger partial charge < -0.3 is 10.1 Å². The van der Waals surface area contributed by atoms with Crippen LogP contribution >= 0.6 is 23.2 Å². The molecule has 1 unspecified atom stereocenters. The molecule has 1 saturated heterocycles. The average Bonchev–Trinajstić information content (AvgIpc) is 2.45. The third-order valence-electron chi connectivity index (χ3n) is 3.54. The summed E-state index contributed by atoms with van der Waals surface area (Å²) < 4.78 is 5.36. The summed E-state index contributed by atoms with van der Waals surface area (Å²) in [6.07, 6.45) is 1.01. The molecule has 1 aromatic rings. The molecule has 0 radical (unpaired) electrons. The third kappa shape index (κ3) is 4.07. The fourth-order valence-corrected chi connectivity index (χ4v) is 2.82. The van der Waals surface area contributed by atoms with E-state index in [-0.39, 0.29) is 6.04 Å². The minimum atomic E-state index is 0.231. The van der Waals surface area contributed by atoms with E-state index in [1.807, 2.05) is 25.2 Å². The molecule has 19 heavy (non-hydrogen) atoms. The molecular formula is C14H20Cl2N2O. The maximum atomic E-state index is 6.28. The number of morpholine rings is 1. The predicted octanol–water partition coefficient (Wildman–Crippen LogP) is 2.98. The monoisotopic (exact) mass is 302 g/mol. The third-order valence-corrected chi connectivity index (χ3v) is 4.38. The highest BCUT2D eigenvalue weighted by Gasteiger charge is 2.17. The lowest BCUT2D eigenvalue weighted by Crippen LogP contribution is -2.38. The Morgan fingerprint density at radius 1 is 1.32 bits per heavy atom. The Morgan fingerprint density at radius 2 is 2.05 bits per heavy atom. The van der Waals surface area contributed by atoms with Crippen LogP contribution in [0, 0.1) is 0 Å². The van der Waals surface area contributed by atoms with Crippen LogP contribution in [0.5, 0.6) is 0 Å². The molecule has 0 bridgehead atoms. The van der Waals surface area contributed by atoms with E-state index in [0.29, 0.717) is 10.0 Å². The summed E-state index contributed by atoms with van der Waals surface area (Å²) in [5.74, 6) is 0. The van der Waals surface area contributed by atoms with Gasteiger partial charge in [0.2, 0.25) is 0 Å². The van der Waals surface area contributed by atoms with E-state index in [2.05, 4.69) is 10.2 Å². The SMILES string of the molecule is CNC(CCN1CCOCC1)c1cccc(Cl)c1Cl. The van der Waals surface area contributed by atoms with Crippen molar-refractivity contribution >= 4 is 23.2 Å². The smallest absolute Gasteiger partial charge is 0.0640 e. The van der Waals surface area contributed by atoms with Gasteiger partial charge in [-0.05, 0) is 25.1 Å². The van der Waals surface area contributed by atoms with E-state index < -0.39 is 0 Å². The van der Waals surface area contributed by atoms with Crippen LogP contribution in [-0.4, -0.2) is 44.8 Å². The zero-order chi connectivity index (χ0) is 13.7. The van der Waals surface area contributed by atoms with E-state index in [0.717, 1.165) is 44.8 Å². The summed E-state index contributed by atoms with van der Waals surface area (Å²) in [6.45, 7) is 4.74. The number of halogens is 2. The fraction of sp³-hybridized carbons (Fsp3) is 0.571. The molecule has 0 spiro atoms. The molecule has 1 heterocycles. The maximum absolute atomic E-state index is 6.28. The fourth-order valence-electron chi connectivity index (χ4n) is 2.38. The Kier molecular flexibility index (Phi) is 5.92. The van der Waals surface area contributed by atoms with Gasteiger partial charge in [-0.1, -0.05) is 35.3 Å². The van der Waals surface area contributed by atoms with Crippen LogP contribution in [0.3, 0.4) is 0 Å². The van der Waals surface area contributed by atoms with E-state index >= 15 is 0 Å². The second-order valence-electron chi connectivity index (χ2n) is 4.73. The summed E-state index contributed by atoms with van der Waals surface area (Å²) in [7, 11) is 1.96. The summed E-state index contributed by atoms with van der Waals surface area (Å²) in [6, 6.07) is 6.04. The first-order valence-corrected chi connectivity index (χ1v) is 7.39. The Labute approximate surface area is 124 Å². The highest BCUT2D eigenvalue weighted by atomic mass is 35.5. The minimum absolute atomic E-state index is 0.231. The summed E-state index contributed by atoms with van der Waals surface area (Å²) >= 11 is 12.4. The highest BCUT2D eigenvalue weighted by molar-refractivity contribution is 6.42. The van der Waals surface area contributed by atoms with Crippen LogP contribution in [0.1, 0.15) is 18.0 Å². The quantitative estimate of drug-likeness (QED) is 0.905. The van der Waals surface area contributed by atoms with Crippen molar-refractivity contribution < 1.29 is 4.74 Å². The summed E-state index contributed by atoms with van der Waals surface area (Å²) in [5.41, 5.74) is 1.07. The number of ether oxygens (including phenoxy) is 1. The van der Waals surface area contributed by atoms with Gasteiger partial charge in [0.1, 0.15) is 0 Å². The van der Waals surface area contributed by atoms with Gasteiger partial charge in [-0.15, -0.1) is 0 Å². The molecule has 0 aliphatic carbocycles. The Morgan fingerprint density at radius 3 is 2.74 bits per heavy atom. The molecule has 5 heteroatoms. The van der Waals surface area contributed by atoms with Gasteiger partial charge in [-0.2, -0.15) is 0 Å². The van der Waals surface area contributed by atoms with Crippen molar-refractivity contribution in [3.8, 4) is 0 Å². The van der Waals surface area contributed by atoms with Crippen molar-refractivity contribution in [1.82, 2.24) is 10.2 Å². The van der Waals surface area contributed by atoms with E-state index in [1.165, 1.54) is 0 Å². The molecule has 106 valence electrons. The molecule has 1 aliphatic rings. The number of nitrogens with zero attached hydrogens (tertiary/aromatic N) is 1. The molecule has 1 fully saturated rings. The topological polar surface area (TPSA) is 24.5 Å². The van der Waals surface area contributed by atoms with Gasteiger partial charge in [0.25, 0.3) is 0 Å². The summed E-state index contributed by atoms with van der Waals surface area (Å²) in [5, 5.41) is 4.60. The van der Waals surface area contributed by atoms with Crippen LogP contribution in [0.25, 0.3) is 0 Å². The Balaban J connectivity index is 1.97. The second kappa shape index (κ2) is 7.46. The van der Waals surface area contributed by atoms with Crippen molar-refractivity contribution in [1.29, 1.82) is 0 Å². The Bertz CT molecular complexity index is 408. The van der Waals surface area contributed by atoms with Gasteiger partial charge >= 0.3 is 0 Å². The predicted molar refractivity (Wildman–Crippen MR) is 80.1 cm³/mol. The van der Waals surface area contributed by atoms with E-state index in [1.54, 1.807) is 0 Å². The van der Waals surface area contributed by atoms with Crippen molar-refractivity contribution in [3.05, 3.63) is 33.8 Å². The number of hydrogen-bond acceptors (Lipinski definition) is 3. The maximum Gasteiger partial charge on any atom is 0.0640 e. The van der Waals surface area contributed by atoms with Crippen LogP contribution in [0.2, 0.25) is 10.0 Å². The van der Waals surface area contributed by atoms with Gasteiger partial charge in [-0.25, -0.2) is 0 Å². The van der Waals surface area contributed by atoms with Crippen molar-refractivity contribution in [2.45, 2.75) is 12.5 Å². The lowest BCUT2D eigenvalue weighted by molar-refractivity contribution is 0.0362. The molecule has 0 aromatic heterocycles. The average molecular weight is 303 g/mol. The van der Waals surface area contributed by atoms with Crippen LogP contribution < -0.4 is 5.32 Å². The molecule has 1 atom stereocenters. The molecule has 0 saturated carbocycles. The highest BCUT2D eigenvalue weighted by Crippen LogP contribution is 2.31. The first-order valence-electron chi connectivity index (χ1n) is 6.63. The number of hydrogen-bond donors (Lipinski definition) is 1. The molecule has 3 nitrogen and oxygen atoms in total. The van der Waals surface area contributed by atoms with Gasteiger partial charge in [-0.3, -0.25) is 4.90 Å².